The Morgan fingerprint density at radius 1 is 1.24 bits per heavy atom. The average molecular weight is 374 g/mol. The topological polar surface area (TPSA) is 61.3 Å². The van der Waals surface area contributed by atoms with Crippen LogP contribution < -0.4 is 4.74 Å². The van der Waals surface area contributed by atoms with Crippen LogP contribution in [0, 0.1) is 0 Å². The molecule has 0 saturated heterocycles. The molecule has 0 N–H and O–H groups in total. The summed E-state index contributed by atoms with van der Waals surface area (Å²) in [6, 6.07) is 11.3. The number of hydrogen-bond donors (Lipinski definition) is 0. The van der Waals surface area contributed by atoms with E-state index >= 15 is 0 Å². The van der Waals surface area contributed by atoms with Gasteiger partial charge in [0.2, 0.25) is 0 Å². The maximum atomic E-state index is 12.4. The zero-order valence-electron chi connectivity index (χ0n) is 14.0. The van der Waals surface area contributed by atoms with Crippen LogP contribution in [0.25, 0.3) is 10.2 Å². The average Bonchev–Trinajstić information content (AvgIpc) is 3.03. The fraction of sp³-hybridized carbons (Fsp3) is 0.278. The molecule has 1 atom stereocenters. The number of carbonyl (C=O) groups excluding carboxylic acids is 1. The summed E-state index contributed by atoms with van der Waals surface area (Å²) in [4.78, 5) is 21.3. The van der Waals surface area contributed by atoms with Crippen molar-refractivity contribution < 1.29 is 14.3 Å². The van der Waals surface area contributed by atoms with E-state index < -0.39 is 5.25 Å². The van der Waals surface area contributed by atoms with Gasteiger partial charge in [-0.25, -0.2) is 4.98 Å². The Balaban J connectivity index is 1.88. The largest absolute Gasteiger partial charge is 0.494 e. The van der Waals surface area contributed by atoms with Crippen LogP contribution >= 0.6 is 23.1 Å². The van der Waals surface area contributed by atoms with Gasteiger partial charge in [-0.15, -0.1) is 11.3 Å². The number of thioether (sulfide) groups is 1. The molecular weight excluding hydrogens is 356 g/mol. The predicted octanol–water partition coefficient (Wildman–Crippen LogP) is 4.49. The molecule has 0 radical (unpaired) electrons. The van der Waals surface area contributed by atoms with Crippen LogP contribution in [0.5, 0.6) is 5.75 Å². The molecule has 1 unspecified atom stereocenters. The van der Waals surface area contributed by atoms with Crippen LogP contribution in [0.4, 0.5) is 0 Å². The van der Waals surface area contributed by atoms with Gasteiger partial charge < -0.3 is 9.47 Å². The Kier molecular flexibility index (Phi) is 5.88. The summed E-state index contributed by atoms with van der Waals surface area (Å²) in [6.45, 7) is 4.71. The van der Waals surface area contributed by atoms with Crippen LogP contribution in [-0.2, 0) is 9.53 Å². The molecule has 0 bridgehead atoms. The maximum Gasteiger partial charge on any atom is 0.325 e. The zero-order valence-corrected chi connectivity index (χ0v) is 15.6. The van der Waals surface area contributed by atoms with Gasteiger partial charge in [-0.3, -0.25) is 9.78 Å². The highest BCUT2D eigenvalue weighted by Crippen LogP contribution is 2.40. The number of esters is 1. The molecule has 0 aliphatic rings. The number of aromatic nitrogens is 2. The second-order valence-corrected chi connectivity index (χ2v) is 7.43. The quantitative estimate of drug-likeness (QED) is 0.449. The summed E-state index contributed by atoms with van der Waals surface area (Å²) in [5.41, 5.74) is 1.56. The van der Waals surface area contributed by atoms with Crippen molar-refractivity contribution in [1.29, 1.82) is 0 Å². The SMILES string of the molecule is CCOC(=O)C(Sc1nc2ccc(OCC)cc2s1)c1ccccn1. The smallest absolute Gasteiger partial charge is 0.325 e. The minimum absolute atomic E-state index is 0.305. The summed E-state index contributed by atoms with van der Waals surface area (Å²) in [7, 11) is 0. The minimum atomic E-state index is -0.534. The second-order valence-electron chi connectivity index (χ2n) is 5.05. The Morgan fingerprint density at radius 3 is 2.84 bits per heavy atom. The Morgan fingerprint density at radius 2 is 2.12 bits per heavy atom. The van der Waals surface area contributed by atoms with Gasteiger partial charge in [0.25, 0.3) is 0 Å². The molecule has 2 aromatic heterocycles. The number of rotatable bonds is 7. The molecule has 3 aromatic rings. The Bertz CT molecular complexity index is 852. The van der Waals surface area contributed by atoms with Gasteiger partial charge in [0, 0.05) is 6.20 Å². The number of ether oxygens (including phenoxy) is 2. The normalized spacial score (nSPS) is 12.1. The number of thiazole rings is 1. The number of hydrogen-bond acceptors (Lipinski definition) is 7. The molecule has 2 heterocycles. The summed E-state index contributed by atoms with van der Waals surface area (Å²) in [6.07, 6.45) is 1.68. The van der Waals surface area contributed by atoms with Crippen LogP contribution in [-0.4, -0.2) is 29.2 Å². The first-order chi connectivity index (χ1) is 12.2. The molecule has 0 fully saturated rings. The van der Waals surface area contributed by atoms with E-state index in [1.165, 1.54) is 23.1 Å². The van der Waals surface area contributed by atoms with Gasteiger partial charge in [0.1, 0.15) is 5.75 Å². The lowest BCUT2D eigenvalue weighted by Crippen LogP contribution is -2.14. The fourth-order valence-corrected chi connectivity index (χ4v) is 4.52. The molecule has 25 heavy (non-hydrogen) atoms. The van der Waals surface area contributed by atoms with Gasteiger partial charge in [-0.2, -0.15) is 0 Å². The van der Waals surface area contributed by atoms with Crippen LogP contribution in [0.2, 0.25) is 0 Å². The molecule has 5 nitrogen and oxygen atoms in total. The molecule has 0 spiro atoms. The summed E-state index contributed by atoms with van der Waals surface area (Å²) in [5.74, 6) is 0.516. The molecule has 7 heteroatoms. The van der Waals surface area contributed by atoms with Gasteiger partial charge >= 0.3 is 5.97 Å². The predicted molar refractivity (Wildman–Crippen MR) is 100 cm³/mol. The van der Waals surface area contributed by atoms with Crippen molar-refractivity contribution in [2.75, 3.05) is 13.2 Å². The molecular formula is C18H18N2O3S2. The second kappa shape index (κ2) is 8.31. The van der Waals surface area contributed by atoms with Crippen LogP contribution in [0.15, 0.2) is 46.9 Å². The third kappa shape index (κ3) is 4.29. The molecule has 0 aliphatic carbocycles. The summed E-state index contributed by atoms with van der Waals surface area (Å²) in [5, 5.41) is -0.534. The van der Waals surface area contributed by atoms with Crippen LogP contribution in [0.1, 0.15) is 24.8 Å². The molecule has 1 aromatic carbocycles. The fourth-order valence-electron chi connectivity index (χ4n) is 2.27. The molecule has 130 valence electrons. The van der Waals surface area contributed by atoms with Gasteiger partial charge in [-0.05, 0) is 44.2 Å². The van der Waals surface area contributed by atoms with Gasteiger partial charge in [0.15, 0.2) is 9.59 Å². The first-order valence-electron chi connectivity index (χ1n) is 7.99. The van der Waals surface area contributed by atoms with Crippen LogP contribution in [0.3, 0.4) is 0 Å². The Hall–Kier alpha value is -2.12. The number of pyridine rings is 1. The standard InChI is InChI=1S/C18H18N2O3S2/c1-3-22-12-8-9-13-15(11-12)24-18(20-13)25-16(17(21)23-4-2)14-7-5-6-10-19-14/h5-11,16H,3-4H2,1-2H3. The highest BCUT2D eigenvalue weighted by molar-refractivity contribution is 8.02. The van der Waals surface area contributed by atoms with Crippen molar-refractivity contribution >= 4 is 39.3 Å². The van der Waals surface area contributed by atoms with Crippen molar-refractivity contribution in [1.82, 2.24) is 9.97 Å². The highest BCUT2D eigenvalue weighted by atomic mass is 32.2. The summed E-state index contributed by atoms with van der Waals surface area (Å²) < 4.78 is 12.6. The van der Waals surface area contributed by atoms with E-state index in [0.29, 0.717) is 18.9 Å². The number of nitrogens with zero attached hydrogens (tertiary/aromatic N) is 2. The van der Waals surface area contributed by atoms with E-state index in [4.69, 9.17) is 9.47 Å². The minimum Gasteiger partial charge on any atom is -0.494 e. The van der Waals surface area contributed by atoms with Crippen molar-refractivity contribution in [2.45, 2.75) is 23.4 Å². The highest BCUT2D eigenvalue weighted by Gasteiger charge is 2.26. The third-order valence-corrected chi connectivity index (χ3v) is 5.64. The first-order valence-corrected chi connectivity index (χ1v) is 9.68. The number of fused-ring (bicyclic) bond motifs is 1. The monoisotopic (exact) mass is 374 g/mol. The van der Waals surface area contributed by atoms with E-state index in [1.807, 2.05) is 43.3 Å². The maximum absolute atomic E-state index is 12.4. The lowest BCUT2D eigenvalue weighted by molar-refractivity contribution is -0.142. The van der Waals surface area contributed by atoms with E-state index in [-0.39, 0.29) is 5.97 Å². The zero-order chi connectivity index (χ0) is 17.6. The van der Waals surface area contributed by atoms with Gasteiger partial charge in [-0.1, -0.05) is 17.8 Å². The molecule has 3 rings (SSSR count). The number of carbonyl (C=O) groups is 1. The molecule has 0 saturated carbocycles. The van der Waals surface area contributed by atoms with E-state index in [2.05, 4.69) is 9.97 Å². The van der Waals surface area contributed by atoms with E-state index in [1.54, 1.807) is 13.1 Å². The Labute approximate surface area is 154 Å². The molecule has 0 aliphatic heterocycles. The lowest BCUT2D eigenvalue weighted by atomic mass is 10.3. The van der Waals surface area contributed by atoms with Gasteiger partial charge in [0.05, 0.1) is 29.1 Å². The summed E-state index contributed by atoms with van der Waals surface area (Å²) >= 11 is 2.90. The lowest BCUT2D eigenvalue weighted by Gasteiger charge is -2.12. The van der Waals surface area contributed by atoms with Crippen molar-refractivity contribution in [3.8, 4) is 5.75 Å². The van der Waals surface area contributed by atoms with Crippen molar-refractivity contribution in [2.24, 2.45) is 0 Å². The third-order valence-electron chi connectivity index (χ3n) is 3.33. The van der Waals surface area contributed by atoms with Crippen molar-refractivity contribution in [3.05, 3.63) is 48.3 Å². The van der Waals surface area contributed by atoms with E-state index in [9.17, 15) is 4.79 Å². The molecule has 0 amide bonds. The first kappa shape index (κ1) is 17.7. The van der Waals surface area contributed by atoms with E-state index in [0.717, 1.165) is 20.3 Å². The van der Waals surface area contributed by atoms with Crippen molar-refractivity contribution in [3.63, 3.8) is 0 Å². The number of benzene rings is 1.